The van der Waals surface area contributed by atoms with Crippen LogP contribution in [0.15, 0.2) is 48.5 Å². The van der Waals surface area contributed by atoms with E-state index in [4.69, 9.17) is 4.74 Å². The third-order valence-electron chi connectivity index (χ3n) is 3.64. The Kier molecular flexibility index (Phi) is 6.55. The molecule has 0 spiro atoms. The number of hydrogen-bond donors (Lipinski definition) is 1. The third-order valence-corrected chi connectivity index (χ3v) is 3.64. The zero-order chi connectivity index (χ0) is 17.4. The number of rotatable bonds is 8. The van der Waals surface area contributed by atoms with Gasteiger partial charge in [0.15, 0.2) is 5.78 Å². The molecule has 0 aliphatic heterocycles. The van der Waals surface area contributed by atoms with Crippen LogP contribution >= 0.6 is 0 Å². The summed E-state index contributed by atoms with van der Waals surface area (Å²) in [6, 6.07) is 15.2. The molecule has 0 heterocycles. The predicted octanol–water partition coefficient (Wildman–Crippen LogP) is 3.46. The minimum atomic E-state index is -0.136. The summed E-state index contributed by atoms with van der Waals surface area (Å²) in [4.78, 5) is 23.8. The van der Waals surface area contributed by atoms with Crippen molar-refractivity contribution < 1.29 is 14.3 Å². The molecule has 0 bridgehead atoms. The monoisotopic (exact) mass is 325 g/mol. The van der Waals surface area contributed by atoms with Crippen molar-refractivity contribution in [1.82, 2.24) is 5.32 Å². The standard InChI is InChI=1S/C20H23NO3/c1-15-6-8-17(9-7-15)19(22)10-11-20(23)21-12-13-24-18-5-3-4-16(2)14-18/h3-9,14H,10-13H2,1-2H3,(H,21,23). The highest BCUT2D eigenvalue weighted by Gasteiger charge is 2.09. The molecule has 2 rings (SSSR count). The lowest BCUT2D eigenvalue weighted by Crippen LogP contribution is -2.28. The molecular formula is C20H23NO3. The minimum Gasteiger partial charge on any atom is -0.492 e. The first kappa shape index (κ1) is 17.7. The van der Waals surface area contributed by atoms with Gasteiger partial charge in [0.05, 0.1) is 6.54 Å². The van der Waals surface area contributed by atoms with E-state index in [0.717, 1.165) is 16.9 Å². The van der Waals surface area contributed by atoms with Gasteiger partial charge in [0.1, 0.15) is 12.4 Å². The second kappa shape index (κ2) is 8.87. The molecule has 0 atom stereocenters. The van der Waals surface area contributed by atoms with E-state index in [0.29, 0.717) is 18.7 Å². The van der Waals surface area contributed by atoms with E-state index in [1.165, 1.54) is 0 Å². The number of ketones is 1. The number of benzene rings is 2. The van der Waals surface area contributed by atoms with Crippen LogP contribution in [0.25, 0.3) is 0 Å². The topological polar surface area (TPSA) is 55.4 Å². The number of ether oxygens (including phenoxy) is 1. The maximum absolute atomic E-state index is 12.0. The Hall–Kier alpha value is -2.62. The Balaban J connectivity index is 1.64. The Bertz CT molecular complexity index is 692. The van der Waals surface area contributed by atoms with Crippen LogP contribution in [-0.4, -0.2) is 24.8 Å². The molecular weight excluding hydrogens is 302 g/mol. The summed E-state index contributed by atoms with van der Waals surface area (Å²) in [5, 5.41) is 2.77. The number of aryl methyl sites for hydroxylation is 2. The first-order valence-electron chi connectivity index (χ1n) is 8.10. The van der Waals surface area contributed by atoms with E-state index in [2.05, 4.69) is 5.32 Å². The molecule has 0 aromatic heterocycles. The lowest BCUT2D eigenvalue weighted by molar-refractivity contribution is -0.121. The van der Waals surface area contributed by atoms with Gasteiger partial charge in [-0.15, -0.1) is 0 Å². The summed E-state index contributed by atoms with van der Waals surface area (Å²) < 4.78 is 5.56. The number of hydrogen-bond acceptors (Lipinski definition) is 3. The second-order valence-corrected chi connectivity index (χ2v) is 5.80. The molecule has 24 heavy (non-hydrogen) atoms. The first-order chi connectivity index (χ1) is 11.5. The van der Waals surface area contributed by atoms with E-state index < -0.39 is 0 Å². The lowest BCUT2D eigenvalue weighted by Gasteiger charge is -2.08. The van der Waals surface area contributed by atoms with Crippen molar-refractivity contribution in [3.05, 3.63) is 65.2 Å². The highest BCUT2D eigenvalue weighted by molar-refractivity contribution is 5.97. The van der Waals surface area contributed by atoms with Gasteiger partial charge in [-0.3, -0.25) is 9.59 Å². The molecule has 4 nitrogen and oxygen atoms in total. The molecule has 0 radical (unpaired) electrons. The summed E-state index contributed by atoms with van der Waals surface area (Å²) in [5.41, 5.74) is 2.89. The molecule has 0 fully saturated rings. The van der Waals surface area contributed by atoms with E-state index in [-0.39, 0.29) is 24.5 Å². The first-order valence-corrected chi connectivity index (χ1v) is 8.10. The minimum absolute atomic E-state index is 0.0128. The smallest absolute Gasteiger partial charge is 0.220 e. The van der Waals surface area contributed by atoms with Gasteiger partial charge in [0.2, 0.25) is 5.91 Å². The molecule has 0 aliphatic rings. The number of Topliss-reactive ketones (excluding diaryl/α,β-unsaturated/α-hetero) is 1. The average Bonchev–Trinajstić information content (AvgIpc) is 2.57. The highest BCUT2D eigenvalue weighted by atomic mass is 16.5. The van der Waals surface area contributed by atoms with E-state index in [9.17, 15) is 9.59 Å². The Morgan fingerprint density at radius 1 is 0.958 bits per heavy atom. The van der Waals surface area contributed by atoms with Crippen LogP contribution < -0.4 is 10.1 Å². The summed E-state index contributed by atoms with van der Waals surface area (Å²) in [7, 11) is 0. The van der Waals surface area contributed by atoms with Crippen molar-refractivity contribution in [1.29, 1.82) is 0 Å². The molecule has 2 aromatic carbocycles. The molecule has 0 aliphatic carbocycles. The molecule has 4 heteroatoms. The quantitative estimate of drug-likeness (QED) is 0.597. The van der Waals surface area contributed by atoms with Crippen molar-refractivity contribution in [3.63, 3.8) is 0 Å². The molecule has 0 unspecified atom stereocenters. The summed E-state index contributed by atoms with van der Waals surface area (Å²) in [6.45, 7) is 4.80. The van der Waals surface area contributed by atoms with Gasteiger partial charge in [0.25, 0.3) is 0 Å². The Labute approximate surface area is 142 Å². The maximum atomic E-state index is 12.0. The SMILES string of the molecule is Cc1ccc(C(=O)CCC(=O)NCCOc2cccc(C)c2)cc1. The fourth-order valence-electron chi connectivity index (χ4n) is 2.26. The fourth-order valence-corrected chi connectivity index (χ4v) is 2.26. The lowest BCUT2D eigenvalue weighted by atomic mass is 10.1. The highest BCUT2D eigenvalue weighted by Crippen LogP contribution is 2.11. The average molecular weight is 325 g/mol. The van der Waals surface area contributed by atoms with Gasteiger partial charge in [-0.05, 0) is 31.5 Å². The fraction of sp³-hybridized carbons (Fsp3) is 0.300. The van der Waals surface area contributed by atoms with Gasteiger partial charge in [0, 0.05) is 18.4 Å². The third kappa shape index (κ3) is 5.88. The van der Waals surface area contributed by atoms with Crippen LogP contribution in [0.1, 0.15) is 34.3 Å². The summed E-state index contributed by atoms with van der Waals surface area (Å²) in [6.07, 6.45) is 0.408. The largest absolute Gasteiger partial charge is 0.492 e. The molecule has 1 N–H and O–H groups in total. The van der Waals surface area contributed by atoms with Crippen molar-refractivity contribution in [3.8, 4) is 5.75 Å². The predicted molar refractivity (Wildman–Crippen MR) is 94.4 cm³/mol. The Morgan fingerprint density at radius 3 is 2.42 bits per heavy atom. The zero-order valence-corrected chi connectivity index (χ0v) is 14.2. The Morgan fingerprint density at radius 2 is 1.71 bits per heavy atom. The molecule has 0 saturated carbocycles. The van der Waals surface area contributed by atoms with Crippen LogP contribution in [-0.2, 0) is 4.79 Å². The van der Waals surface area contributed by atoms with Gasteiger partial charge in [-0.1, -0.05) is 42.0 Å². The second-order valence-electron chi connectivity index (χ2n) is 5.80. The van der Waals surface area contributed by atoms with Crippen molar-refractivity contribution in [2.24, 2.45) is 0 Å². The number of nitrogens with one attached hydrogen (secondary N) is 1. The van der Waals surface area contributed by atoms with Crippen LogP contribution in [0.4, 0.5) is 0 Å². The zero-order valence-electron chi connectivity index (χ0n) is 14.2. The number of amides is 1. The van der Waals surface area contributed by atoms with Crippen LogP contribution in [0.3, 0.4) is 0 Å². The van der Waals surface area contributed by atoms with Crippen molar-refractivity contribution in [2.75, 3.05) is 13.2 Å². The molecule has 126 valence electrons. The van der Waals surface area contributed by atoms with E-state index >= 15 is 0 Å². The van der Waals surface area contributed by atoms with E-state index in [1.54, 1.807) is 12.1 Å². The molecule has 1 amide bonds. The van der Waals surface area contributed by atoms with Crippen molar-refractivity contribution >= 4 is 11.7 Å². The van der Waals surface area contributed by atoms with Crippen LogP contribution in [0.5, 0.6) is 5.75 Å². The van der Waals surface area contributed by atoms with Gasteiger partial charge in [-0.25, -0.2) is 0 Å². The summed E-state index contributed by atoms with van der Waals surface area (Å²) >= 11 is 0. The van der Waals surface area contributed by atoms with Gasteiger partial charge >= 0.3 is 0 Å². The number of carbonyl (C=O) groups is 2. The van der Waals surface area contributed by atoms with Gasteiger partial charge in [-0.2, -0.15) is 0 Å². The maximum Gasteiger partial charge on any atom is 0.220 e. The van der Waals surface area contributed by atoms with Gasteiger partial charge < -0.3 is 10.1 Å². The van der Waals surface area contributed by atoms with Crippen molar-refractivity contribution in [2.45, 2.75) is 26.7 Å². The van der Waals surface area contributed by atoms with Crippen LogP contribution in [0.2, 0.25) is 0 Å². The molecule has 2 aromatic rings. The van der Waals surface area contributed by atoms with E-state index in [1.807, 2.05) is 50.2 Å². The van der Waals surface area contributed by atoms with Crippen LogP contribution in [0, 0.1) is 13.8 Å². The molecule has 0 saturated heterocycles. The number of carbonyl (C=O) groups excluding carboxylic acids is 2. The summed E-state index contributed by atoms with van der Waals surface area (Å²) in [5.74, 6) is 0.642. The normalized spacial score (nSPS) is 10.2.